The number of amides is 1. The van der Waals surface area contributed by atoms with Crippen LogP contribution in [0.25, 0.3) is 0 Å². The Kier molecular flexibility index (Phi) is 6.39. The van der Waals surface area contributed by atoms with Crippen LogP contribution < -0.4 is 16.1 Å². The zero-order chi connectivity index (χ0) is 15.0. The summed E-state index contributed by atoms with van der Waals surface area (Å²) >= 11 is 5.03. The highest BCUT2D eigenvalue weighted by atomic mass is 32.1. The van der Waals surface area contributed by atoms with Gasteiger partial charge in [0.25, 0.3) is 0 Å². The minimum absolute atomic E-state index is 0.0954. The number of rotatable bonds is 5. The fourth-order valence-corrected chi connectivity index (χ4v) is 1.42. The summed E-state index contributed by atoms with van der Waals surface area (Å²) in [4.78, 5) is 10.9. The van der Waals surface area contributed by atoms with E-state index in [1.54, 1.807) is 18.3 Å². The first-order valence-corrected chi connectivity index (χ1v) is 6.47. The molecule has 20 heavy (non-hydrogen) atoms. The minimum atomic E-state index is -0.0954. The van der Waals surface area contributed by atoms with E-state index in [2.05, 4.69) is 27.7 Å². The van der Waals surface area contributed by atoms with Gasteiger partial charge in [0.05, 0.1) is 6.21 Å². The predicted octanol–water partition coefficient (Wildman–Crippen LogP) is 2.02. The number of hydrogen-bond donors (Lipinski definition) is 3. The maximum atomic E-state index is 10.9. The first-order valence-electron chi connectivity index (χ1n) is 6.06. The monoisotopic (exact) mass is 290 g/mol. The Hall–Kier alpha value is -2.21. The van der Waals surface area contributed by atoms with Crippen molar-refractivity contribution in [1.82, 2.24) is 10.7 Å². The van der Waals surface area contributed by atoms with Crippen LogP contribution in [0.2, 0.25) is 0 Å². The van der Waals surface area contributed by atoms with E-state index < -0.39 is 0 Å². The minimum Gasteiger partial charge on any atom is -0.358 e. The molecule has 1 amide bonds. The Morgan fingerprint density at radius 1 is 1.35 bits per heavy atom. The van der Waals surface area contributed by atoms with Crippen molar-refractivity contribution in [3.8, 4) is 0 Å². The number of hydrogen-bond acceptors (Lipinski definition) is 3. The van der Waals surface area contributed by atoms with Crippen LogP contribution in [0.15, 0.2) is 41.5 Å². The summed E-state index contributed by atoms with van der Waals surface area (Å²) in [6, 6.07) is 7.31. The normalized spacial score (nSPS) is 10.1. The molecular formula is C14H18N4OS. The second-order valence-electron chi connectivity index (χ2n) is 4.31. The first kappa shape index (κ1) is 15.8. The van der Waals surface area contributed by atoms with Crippen molar-refractivity contribution in [2.75, 3.05) is 11.9 Å². The third kappa shape index (κ3) is 6.65. The molecule has 0 fully saturated rings. The van der Waals surface area contributed by atoms with Crippen molar-refractivity contribution in [2.45, 2.75) is 13.8 Å². The number of nitrogens with one attached hydrogen (secondary N) is 3. The van der Waals surface area contributed by atoms with Crippen LogP contribution in [0.5, 0.6) is 0 Å². The van der Waals surface area contributed by atoms with Gasteiger partial charge in [-0.15, -0.1) is 0 Å². The predicted molar refractivity (Wildman–Crippen MR) is 86.9 cm³/mol. The van der Waals surface area contributed by atoms with Crippen LogP contribution in [0.4, 0.5) is 5.69 Å². The molecule has 0 saturated heterocycles. The lowest BCUT2D eigenvalue weighted by molar-refractivity contribution is -0.114. The summed E-state index contributed by atoms with van der Waals surface area (Å²) < 4.78 is 0. The average molecular weight is 290 g/mol. The molecule has 0 aromatic heterocycles. The molecule has 0 bridgehead atoms. The molecule has 0 saturated carbocycles. The summed E-state index contributed by atoms with van der Waals surface area (Å²) in [5.41, 5.74) is 5.35. The maximum Gasteiger partial charge on any atom is 0.221 e. The quantitative estimate of drug-likeness (QED) is 0.336. The molecule has 0 heterocycles. The Morgan fingerprint density at radius 3 is 2.55 bits per heavy atom. The van der Waals surface area contributed by atoms with Gasteiger partial charge < -0.3 is 10.6 Å². The highest BCUT2D eigenvalue weighted by Crippen LogP contribution is 2.07. The second-order valence-corrected chi connectivity index (χ2v) is 4.72. The highest BCUT2D eigenvalue weighted by Gasteiger charge is 1.95. The van der Waals surface area contributed by atoms with Gasteiger partial charge in [0.2, 0.25) is 5.91 Å². The van der Waals surface area contributed by atoms with Crippen LogP contribution >= 0.6 is 12.2 Å². The van der Waals surface area contributed by atoms with Crippen molar-refractivity contribution in [1.29, 1.82) is 0 Å². The van der Waals surface area contributed by atoms with Gasteiger partial charge in [-0.25, -0.2) is 0 Å². The highest BCUT2D eigenvalue weighted by molar-refractivity contribution is 7.80. The van der Waals surface area contributed by atoms with E-state index in [1.807, 2.05) is 19.1 Å². The van der Waals surface area contributed by atoms with Crippen LogP contribution in [0, 0.1) is 0 Å². The van der Waals surface area contributed by atoms with E-state index >= 15 is 0 Å². The molecule has 6 heteroatoms. The number of carbonyl (C=O) groups excluding carboxylic acids is 1. The van der Waals surface area contributed by atoms with Gasteiger partial charge in [-0.2, -0.15) is 5.10 Å². The molecule has 0 spiro atoms. The zero-order valence-corrected chi connectivity index (χ0v) is 12.4. The van der Waals surface area contributed by atoms with E-state index in [9.17, 15) is 4.79 Å². The maximum absolute atomic E-state index is 10.9. The Labute approximate surface area is 124 Å². The molecule has 1 aromatic carbocycles. The number of anilines is 1. The molecule has 106 valence electrons. The third-order valence-corrected chi connectivity index (χ3v) is 2.40. The largest absolute Gasteiger partial charge is 0.358 e. The fraction of sp³-hybridized carbons (Fsp3) is 0.214. The SMILES string of the molecule is C=C(C)CNC(=S)N/N=C\c1ccc(NC(C)=O)cc1. The van der Waals surface area contributed by atoms with Crippen LogP contribution in [-0.4, -0.2) is 23.8 Å². The summed E-state index contributed by atoms with van der Waals surface area (Å²) in [7, 11) is 0. The molecule has 1 aromatic rings. The summed E-state index contributed by atoms with van der Waals surface area (Å²) in [6.07, 6.45) is 1.65. The van der Waals surface area contributed by atoms with E-state index in [1.165, 1.54) is 6.92 Å². The molecule has 0 atom stereocenters. The summed E-state index contributed by atoms with van der Waals surface area (Å²) in [5.74, 6) is -0.0954. The lowest BCUT2D eigenvalue weighted by atomic mass is 10.2. The topological polar surface area (TPSA) is 65.5 Å². The smallest absolute Gasteiger partial charge is 0.221 e. The zero-order valence-electron chi connectivity index (χ0n) is 11.6. The van der Waals surface area contributed by atoms with Crippen molar-refractivity contribution in [3.05, 3.63) is 42.0 Å². The van der Waals surface area contributed by atoms with Crippen molar-refractivity contribution >= 4 is 35.1 Å². The lowest BCUT2D eigenvalue weighted by Crippen LogP contribution is -2.32. The van der Waals surface area contributed by atoms with E-state index in [0.717, 1.165) is 16.8 Å². The van der Waals surface area contributed by atoms with Gasteiger partial charge in [-0.3, -0.25) is 10.2 Å². The van der Waals surface area contributed by atoms with E-state index in [4.69, 9.17) is 12.2 Å². The molecular weight excluding hydrogens is 272 g/mol. The van der Waals surface area contributed by atoms with Gasteiger partial charge in [0, 0.05) is 19.2 Å². The lowest BCUT2D eigenvalue weighted by Gasteiger charge is -2.06. The molecule has 0 radical (unpaired) electrons. The number of carbonyl (C=O) groups is 1. The molecule has 3 N–H and O–H groups in total. The number of hydrazone groups is 1. The molecule has 0 aliphatic heterocycles. The van der Waals surface area contributed by atoms with Gasteiger partial charge in [-0.05, 0) is 36.8 Å². The van der Waals surface area contributed by atoms with Gasteiger partial charge in [0.1, 0.15) is 0 Å². The summed E-state index contributed by atoms with van der Waals surface area (Å²) in [6.45, 7) is 7.77. The van der Waals surface area contributed by atoms with E-state index in [-0.39, 0.29) is 5.91 Å². The van der Waals surface area contributed by atoms with Gasteiger partial charge in [-0.1, -0.05) is 24.3 Å². The molecule has 0 aliphatic rings. The van der Waals surface area contributed by atoms with Crippen LogP contribution in [0.3, 0.4) is 0 Å². The Morgan fingerprint density at radius 2 is 2.00 bits per heavy atom. The number of benzene rings is 1. The first-order chi connectivity index (χ1) is 9.47. The Bertz CT molecular complexity index is 522. The fourth-order valence-electron chi connectivity index (χ4n) is 1.29. The van der Waals surface area contributed by atoms with E-state index in [0.29, 0.717) is 11.7 Å². The Balaban J connectivity index is 2.44. The van der Waals surface area contributed by atoms with Crippen LogP contribution in [-0.2, 0) is 4.79 Å². The molecule has 5 nitrogen and oxygen atoms in total. The molecule has 1 rings (SSSR count). The molecule has 0 unspecified atom stereocenters. The number of thiocarbonyl (C=S) groups is 1. The molecule has 0 aliphatic carbocycles. The van der Waals surface area contributed by atoms with Crippen molar-refractivity contribution in [3.63, 3.8) is 0 Å². The van der Waals surface area contributed by atoms with Gasteiger partial charge in [0.15, 0.2) is 5.11 Å². The van der Waals surface area contributed by atoms with Crippen molar-refractivity contribution < 1.29 is 4.79 Å². The number of nitrogens with zero attached hydrogens (tertiary/aromatic N) is 1. The second kappa shape index (κ2) is 8.06. The average Bonchev–Trinajstić information content (AvgIpc) is 2.38. The van der Waals surface area contributed by atoms with Gasteiger partial charge >= 0.3 is 0 Å². The third-order valence-electron chi connectivity index (χ3n) is 2.16. The standard InChI is InChI=1S/C14H18N4OS/c1-10(2)8-15-14(20)18-16-9-12-4-6-13(7-5-12)17-11(3)19/h4-7,9H,1,8H2,2-3H3,(H,17,19)(H2,15,18,20)/b16-9-. The summed E-state index contributed by atoms with van der Waals surface area (Å²) in [5, 5.41) is 10.1. The van der Waals surface area contributed by atoms with Crippen LogP contribution in [0.1, 0.15) is 19.4 Å². The van der Waals surface area contributed by atoms with Crippen molar-refractivity contribution in [2.24, 2.45) is 5.10 Å².